The molecule has 1 aromatic carbocycles. The Balaban J connectivity index is 1.98. The summed E-state index contributed by atoms with van der Waals surface area (Å²) in [5.74, 6) is 0. The first kappa shape index (κ1) is 11.2. The van der Waals surface area contributed by atoms with Crippen LogP contribution in [0.15, 0.2) is 24.3 Å². The predicted octanol–water partition coefficient (Wildman–Crippen LogP) is 2.27. The summed E-state index contributed by atoms with van der Waals surface area (Å²) in [4.78, 5) is 2.61. The lowest BCUT2D eigenvalue weighted by Gasteiger charge is -2.37. The number of hydrogen-bond donors (Lipinski definition) is 1. The Bertz CT molecular complexity index is 409. The molecule has 2 N–H and O–H groups in total. The summed E-state index contributed by atoms with van der Waals surface area (Å²) in [6, 6.07) is 9.27. The Morgan fingerprint density at radius 1 is 1.29 bits per heavy atom. The van der Waals surface area contributed by atoms with Crippen molar-refractivity contribution in [2.75, 3.05) is 13.1 Å². The Hall–Kier alpha value is -0.860. The topological polar surface area (TPSA) is 29.3 Å². The van der Waals surface area contributed by atoms with E-state index in [2.05, 4.69) is 36.1 Å². The van der Waals surface area contributed by atoms with Gasteiger partial charge in [0.05, 0.1) is 5.54 Å². The van der Waals surface area contributed by atoms with Crippen LogP contribution in [0.4, 0.5) is 0 Å². The molecular formula is C15H22N2. The maximum absolute atomic E-state index is 6.75. The third-order valence-corrected chi connectivity index (χ3v) is 4.69. The Morgan fingerprint density at radius 2 is 2.00 bits per heavy atom. The van der Waals surface area contributed by atoms with E-state index in [9.17, 15) is 0 Å². The largest absolute Gasteiger partial charge is 0.320 e. The first-order valence-corrected chi connectivity index (χ1v) is 6.87. The molecule has 0 radical (unpaired) electrons. The van der Waals surface area contributed by atoms with E-state index in [1.807, 2.05) is 0 Å². The van der Waals surface area contributed by atoms with Crippen molar-refractivity contribution in [1.29, 1.82) is 0 Å². The van der Waals surface area contributed by atoms with Crippen molar-refractivity contribution in [2.45, 2.75) is 44.2 Å². The monoisotopic (exact) mass is 230 g/mol. The minimum Gasteiger partial charge on any atom is -0.320 e. The van der Waals surface area contributed by atoms with Crippen LogP contribution in [0, 0.1) is 0 Å². The molecule has 0 bridgehead atoms. The van der Waals surface area contributed by atoms with Gasteiger partial charge in [-0.2, -0.15) is 0 Å². The summed E-state index contributed by atoms with van der Waals surface area (Å²) in [6.45, 7) is 4.69. The molecule has 2 atom stereocenters. The van der Waals surface area contributed by atoms with E-state index in [4.69, 9.17) is 5.73 Å². The average Bonchev–Trinajstić information content (AvgIpc) is 2.97. The maximum Gasteiger partial charge on any atom is 0.0570 e. The van der Waals surface area contributed by atoms with Crippen molar-refractivity contribution in [3.05, 3.63) is 35.4 Å². The summed E-state index contributed by atoms with van der Waals surface area (Å²) in [5, 5.41) is 0. The van der Waals surface area contributed by atoms with Crippen molar-refractivity contribution >= 4 is 0 Å². The lowest BCUT2D eigenvalue weighted by molar-refractivity contribution is 0.156. The fraction of sp³-hybridized carbons (Fsp3) is 0.600. The molecule has 2 unspecified atom stereocenters. The second-order valence-electron chi connectivity index (χ2n) is 5.51. The molecule has 0 amide bonds. The van der Waals surface area contributed by atoms with E-state index in [0.29, 0.717) is 6.04 Å². The summed E-state index contributed by atoms with van der Waals surface area (Å²) >= 11 is 0. The quantitative estimate of drug-likeness (QED) is 0.844. The van der Waals surface area contributed by atoms with Gasteiger partial charge in [-0.15, -0.1) is 0 Å². The summed E-state index contributed by atoms with van der Waals surface area (Å²) < 4.78 is 0. The molecular weight excluding hydrogens is 208 g/mol. The van der Waals surface area contributed by atoms with Gasteiger partial charge in [0.15, 0.2) is 0 Å². The minimum absolute atomic E-state index is 0.124. The van der Waals surface area contributed by atoms with Crippen molar-refractivity contribution in [2.24, 2.45) is 5.73 Å². The van der Waals surface area contributed by atoms with Crippen molar-refractivity contribution in [1.82, 2.24) is 4.90 Å². The van der Waals surface area contributed by atoms with Gasteiger partial charge in [0.25, 0.3) is 0 Å². The smallest absolute Gasteiger partial charge is 0.0570 e. The van der Waals surface area contributed by atoms with E-state index in [1.165, 1.54) is 37.1 Å². The minimum atomic E-state index is -0.124. The highest BCUT2D eigenvalue weighted by molar-refractivity contribution is 5.41. The summed E-state index contributed by atoms with van der Waals surface area (Å²) in [7, 11) is 0. The molecule has 0 aromatic heterocycles. The van der Waals surface area contributed by atoms with Crippen LogP contribution in [0.5, 0.6) is 0 Å². The van der Waals surface area contributed by atoms with Gasteiger partial charge in [-0.3, -0.25) is 4.90 Å². The molecule has 1 aromatic rings. The zero-order chi connectivity index (χ0) is 11.9. The van der Waals surface area contributed by atoms with Gasteiger partial charge in [0, 0.05) is 6.04 Å². The van der Waals surface area contributed by atoms with E-state index in [1.54, 1.807) is 0 Å². The SMILES string of the molecule is CCC1(N)c2ccccc2CC1N1CCCC1. The van der Waals surface area contributed by atoms with Crippen LogP contribution in [0.25, 0.3) is 0 Å². The molecule has 3 rings (SSSR count). The number of likely N-dealkylation sites (tertiary alicyclic amines) is 1. The number of nitrogens with zero attached hydrogens (tertiary/aromatic N) is 1. The van der Waals surface area contributed by atoms with Crippen LogP contribution in [0.3, 0.4) is 0 Å². The molecule has 1 aliphatic heterocycles. The van der Waals surface area contributed by atoms with Crippen LogP contribution in [0.2, 0.25) is 0 Å². The van der Waals surface area contributed by atoms with Crippen molar-refractivity contribution in [3.8, 4) is 0 Å². The van der Waals surface area contributed by atoms with Gasteiger partial charge in [0.1, 0.15) is 0 Å². The molecule has 0 saturated carbocycles. The number of fused-ring (bicyclic) bond motifs is 1. The average molecular weight is 230 g/mol. The normalized spacial score (nSPS) is 32.9. The third-order valence-electron chi connectivity index (χ3n) is 4.69. The van der Waals surface area contributed by atoms with Gasteiger partial charge in [-0.25, -0.2) is 0 Å². The number of benzene rings is 1. The molecule has 1 heterocycles. The van der Waals surface area contributed by atoms with Gasteiger partial charge >= 0.3 is 0 Å². The van der Waals surface area contributed by atoms with Crippen LogP contribution in [-0.4, -0.2) is 24.0 Å². The first-order valence-electron chi connectivity index (χ1n) is 6.87. The van der Waals surface area contributed by atoms with Crippen molar-refractivity contribution in [3.63, 3.8) is 0 Å². The third kappa shape index (κ3) is 1.62. The van der Waals surface area contributed by atoms with Crippen LogP contribution >= 0.6 is 0 Å². The molecule has 1 aliphatic carbocycles. The second kappa shape index (κ2) is 4.11. The second-order valence-corrected chi connectivity index (χ2v) is 5.51. The molecule has 92 valence electrons. The van der Waals surface area contributed by atoms with Crippen LogP contribution in [0.1, 0.15) is 37.3 Å². The van der Waals surface area contributed by atoms with Gasteiger partial charge in [-0.1, -0.05) is 31.2 Å². The zero-order valence-electron chi connectivity index (χ0n) is 10.7. The van der Waals surface area contributed by atoms with Crippen LogP contribution in [-0.2, 0) is 12.0 Å². The highest BCUT2D eigenvalue weighted by Gasteiger charge is 2.45. The Labute approximate surface area is 104 Å². The molecule has 0 spiro atoms. The van der Waals surface area contributed by atoms with Crippen molar-refractivity contribution < 1.29 is 0 Å². The van der Waals surface area contributed by atoms with E-state index in [0.717, 1.165) is 12.8 Å². The highest BCUT2D eigenvalue weighted by Crippen LogP contribution is 2.40. The Morgan fingerprint density at radius 3 is 2.71 bits per heavy atom. The van der Waals surface area contributed by atoms with Crippen LogP contribution < -0.4 is 5.73 Å². The van der Waals surface area contributed by atoms with Gasteiger partial charge in [-0.05, 0) is 49.9 Å². The van der Waals surface area contributed by atoms with E-state index < -0.39 is 0 Å². The lowest BCUT2D eigenvalue weighted by atomic mass is 9.86. The molecule has 17 heavy (non-hydrogen) atoms. The molecule has 2 heteroatoms. The summed E-state index contributed by atoms with van der Waals surface area (Å²) in [5.41, 5.74) is 9.48. The standard InChI is InChI=1S/C15H22N2/c1-2-15(16)13-8-4-3-7-12(13)11-14(15)17-9-5-6-10-17/h3-4,7-8,14H,2,5-6,9-11,16H2,1H3. The fourth-order valence-electron chi connectivity index (χ4n) is 3.66. The number of rotatable bonds is 2. The lowest BCUT2D eigenvalue weighted by Crippen LogP contribution is -2.52. The molecule has 2 nitrogen and oxygen atoms in total. The zero-order valence-corrected chi connectivity index (χ0v) is 10.7. The van der Waals surface area contributed by atoms with Gasteiger partial charge in [0.2, 0.25) is 0 Å². The fourth-order valence-corrected chi connectivity index (χ4v) is 3.66. The number of nitrogens with two attached hydrogens (primary N) is 1. The Kier molecular flexibility index (Phi) is 2.72. The maximum atomic E-state index is 6.75. The highest BCUT2D eigenvalue weighted by atomic mass is 15.2. The summed E-state index contributed by atoms with van der Waals surface area (Å²) in [6.07, 6.45) is 4.85. The molecule has 1 saturated heterocycles. The first-order chi connectivity index (χ1) is 8.25. The molecule has 2 aliphatic rings. The number of hydrogen-bond acceptors (Lipinski definition) is 2. The predicted molar refractivity (Wildman–Crippen MR) is 70.9 cm³/mol. The van der Waals surface area contributed by atoms with E-state index in [-0.39, 0.29) is 5.54 Å². The van der Waals surface area contributed by atoms with Gasteiger partial charge < -0.3 is 5.73 Å². The van der Waals surface area contributed by atoms with E-state index >= 15 is 0 Å². The molecule has 1 fully saturated rings.